The molecule has 1 aliphatic rings. The topological polar surface area (TPSA) is 57.2 Å². The molecule has 16 heavy (non-hydrogen) atoms. The summed E-state index contributed by atoms with van der Waals surface area (Å²) in [6, 6.07) is 2.10. The second kappa shape index (κ2) is 3.44. The molecular weight excluding hydrogens is 202 g/mol. The Bertz CT molecular complexity index is 517. The number of rotatable bonds is 1. The number of nitrogens with one attached hydrogen (secondary N) is 1. The molecule has 0 spiro atoms. The highest BCUT2D eigenvalue weighted by Crippen LogP contribution is 2.35. The van der Waals surface area contributed by atoms with Crippen molar-refractivity contribution in [3.63, 3.8) is 0 Å². The van der Waals surface area contributed by atoms with Crippen LogP contribution in [0.15, 0.2) is 35.8 Å². The van der Waals surface area contributed by atoms with E-state index in [1.165, 1.54) is 0 Å². The van der Waals surface area contributed by atoms with Gasteiger partial charge in [-0.3, -0.25) is 15.1 Å². The van der Waals surface area contributed by atoms with E-state index in [9.17, 15) is 0 Å². The Kier molecular flexibility index (Phi) is 1.96. The summed E-state index contributed by atoms with van der Waals surface area (Å²) in [5.74, 6) is 0. The lowest BCUT2D eigenvalue weighted by Gasteiger charge is -2.30. The number of hydrogen-bond donors (Lipinski definition) is 1. The van der Waals surface area contributed by atoms with Gasteiger partial charge in [0.25, 0.3) is 0 Å². The van der Waals surface area contributed by atoms with Gasteiger partial charge in [-0.2, -0.15) is 5.10 Å². The van der Waals surface area contributed by atoms with E-state index in [-0.39, 0.29) is 6.04 Å². The predicted octanol–water partition coefficient (Wildman–Crippen LogP) is 1.70. The summed E-state index contributed by atoms with van der Waals surface area (Å²) in [5.41, 5.74) is 3.10. The number of aromatic nitrogens is 3. The maximum absolute atomic E-state index is 4.41. The highest BCUT2D eigenvalue weighted by atomic mass is 15.2. The molecule has 5 nitrogen and oxygen atoms in total. The molecular formula is C11H11N5. The Balaban J connectivity index is 2.04. The third-order valence-electron chi connectivity index (χ3n) is 2.79. The molecule has 3 heterocycles. The Labute approximate surface area is 92.8 Å². The minimum atomic E-state index is 0.133. The summed E-state index contributed by atoms with van der Waals surface area (Å²) in [7, 11) is 2.04. The highest BCUT2D eigenvalue weighted by molar-refractivity contribution is 5.84. The molecule has 0 aromatic carbocycles. The van der Waals surface area contributed by atoms with Crippen LogP contribution in [0.5, 0.6) is 0 Å². The monoisotopic (exact) mass is 213 g/mol. The van der Waals surface area contributed by atoms with Gasteiger partial charge in [0.15, 0.2) is 0 Å². The van der Waals surface area contributed by atoms with Crippen molar-refractivity contribution in [2.24, 2.45) is 4.99 Å². The number of anilines is 1. The predicted molar refractivity (Wildman–Crippen MR) is 62.1 cm³/mol. The van der Waals surface area contributed by atoms with Gasteiger partial charge in [0, 0.05) is 31.2 Å². The first-order valence-corrected chi connectivity index (χ1v) is 5.06. The first-order valence-electron chi connectivity index (χ1n) is 5.06. The Hall–Kier alpha value is -2.17. The SMILES string of the molecule is CN1c2ccncc2N=CC1c1cn[nH]c1. The van der Waals surface area contributed by atoms with Crippen LogP contribution in [-0.2, 0) is 0 Å². The Morgan fingerprint density at radius 1 is 1.38 bits per heavy atom. The zero-order chi connectivity index (χ0) is 11.0. The molecule has 5 heteroatoms. The first kappa shape index (κ1) is 9.08. The number of aliphatic imine (C=N–C) groups is 1. The average molecular weight is 213 g/mol. The molecule has 1 N–H and O–H groups in total. The normalized spacial score (nSPS) is 18.6. The molecule has 1 unspecified atom stereocenters. The highest BCUT2D eigenvalue weighted by Gasteiger charge is 2.22. The first-order chi connectivity index (χ1) is 7.86. The second-order valence-corrected chi connectivity index (χ2v) is 3.73. The fraction of sp³-hybridized carbons (Fsp3) is 0.182. The van der Waals surface area contributed by atoms with E-state index in [2.05, 4.69) is 25.1 Å². The van der Waals surface area contributed by atoms with Gasteiger partial charge in [-0.1, -0.05) is 0 Å². The van der Waals surface area contributed by atoms with Crippen molar-refractivity contribution in [1.82, 2.24) is 15.2 Å². The van der Waals surface area contributed by atoms with Crippen LogP contribution in [0.4, 0.5) is 11.4 Å². The van der Waals surface area contributed by atoms with E-state index in [1.54, 1.807) is 12.4 Å². The smallest absolute Gasteiger partial charge is 0.104 e. The summed E-state index contributed by atoms with van der Waals surface area (Å²) in [4.78, 5) is 10.6. The van der Waals surface area contributed by atoms with E-state index in [0.29, 0.717) is 0 Å². The summed E-state index contributed by atoms with van der Waals surface area (Å²) in [6.07, 6.45) is 9.17. The largest absolute Gasteiger partial charge is 0.361 e. The standard InChI is InChI=1S/C11H11N5/c1-16-10-2-3-12-6-9(10)13-7-11(16)8-4-14-15-5-8/h2-7,11H,1H3,(H,14,15). The number of pyridine rings is 1. The quantitative estimate of drug-likeness (QED) is 0.784. The molecule has 0 saturated heterocycles. The summed E-state index contributed by atoms with van der Waals surface area (Å²) in [6.45, 7) is 0. The Morgan fingerprint density at radius 3 is 3.12 bits per heavy atom. The van der Waals surface area contributed by atoms with E-state index in [1.807, 2.05) is 31.7 Å². The van der Waals surface area contributed by atoms with Gasteiger partial charge in [0.1, 0.15) is 5.69 Å². The van der Waals surface area contributed by atoms with Gasteiger partial charge in [0.05, 0.1) is 24.1 Å². The number of H-pyrrole nitrogens is 1. The molecule has 0 fully saturated rings. The van der Waals surface area contributed by atoms with Gasteiger partial charge < -0.3 is 4.90 Å². The second-order valence-electron chi connectivity index (χ2n) is 3.73. The number of hydrogen-bond acceptors (Lipinski definition) is 4. The van der Waals surface area contributed by atoms with Crippen molar-refractivity contribution < 1.29 is 0 Å². The maximum Gasteiger partial charge on any atom is 0.104 e. The van der Waals surface area contributed by atoms with E-state index in [0.717, 1.165) is 16.9 Å². The van der Waals surface area contributed by atoms with Gasteiger partial charge in [-0.25, -0.2) is 0 Å². The van der Waals surface area contributed by atoms with Crippen LogP contribution in [-0.4, -0.2) is 28.4 Å². The lowest BCUT2D eigenvalue weighted by molar-refractivity contribution is 0.850. The Morgan fingerprint density at radius 2 is 2.31 bits per heavy atom. The molecule has 0 saturated carbocycles. The molecule has 1 aliphatic heterocycles. The average Bonchev–Trinajstić information content (AvgIpc) is 2.83. The molecule has 80 valence electrons. The molecule has 0 aliphatic carbocycles. The summed E-state index contributed by atoms with van der Waals surface area (Å²) < 4.78 is 0. The van der Waals surface area contributed by atoms with Crippen LogP contribution in [0.3, 0.4) is 0 Å². The molecule has 0 radical (unpaired) electrons. The van der Waals surface area contributed by atoms with Crippen molar-refractivity contribution in [1.29, 1.82) is 0 Å². The van der Waals surface area contributed by atoms with Crippen molar-refractivity contribution in [3.05, 3.63) is 36.4 Å². The van der Waals surface area contributed by atoms with Crippen molar-refractivity contribution in [3.8, 4) is 0 Å². The van der Waals surface area contributed by atoms with Crippen LogP contribution in [0.25, 0.3) is 0 Å². The van der Waals surface area contributed by atoms with Gasteiger partial charge in [0.2, 0.25) is 0 Å². The van der Waals surface area contributed by atoms with Crippen LogP contribution < -0.4 is 4.90 Å². The van der Waals surface area contributed by atoms with Crippen molar-refractivity contribution in [2.45, 2.75) is 6.04 Å². The van der Waals surface area contributed by atoms with E-state index < -0.39 is 0 Å². The summed E-state index contributed by atoms with van der Waals surface area (Å²) >= 11 is 0. The number of nitrogens with zero attached hydrogens (tertiary/aromatic N) is 4. The van der Waals surface area contributed by atoms with Crippen molar-refractivity contribution in [2.75, 3.05) is 11.9 Å². The molecule has 0 amide bonds. The number of aromatic amines is 1. The van der Waals surface area contributed by atoms with Crippen LogP contribution in [0.2, 0.25) is 0 Å². The van der Waals surface area contributed by atoms with Crippen LogP contribution >= 0.6 is 0 Å². The minimum absolute atomic E-state index is 0.133. The fourth-order valence-electron chi connectivity index (χ4n) is 1.91. The van der Waals surface area contributed by atoms with Crippen LogP contribution in [0, 0.1) is 0 Å². The van der Waals surface area contributed by atoms with Gasteiger partial charge in [-0.15, -0.1) is 0 Å². The van der Waals surface area contributed by atoms with Gasteiger partial charge in [-0.05, 0) is 6.07 Å². The zero-order valence-electron chi connectivity index (χ0n) is 8.83. The van der Waals surface area contributed by atoms with Gasteiger partial charge >= 0.3 is 0 Å². The third-order valence-corrected chi connectivity index (χ3v) is 2.79. The molecule has 0 bridgehead atoms. The molecule has 2 aromatic heterocycles. The fourth-order valence-corrected chi connectivity index (χ4v) is 1.91. The summed E-state index contributed by atoms with van der Waals surface area (Å²) in [5, 5.41) is 6.78. The van der Waals surface area contributed by atoms with E-state index in [4.69, 9.17) is 0 Å². The lowest BCUT2D eigenvalue weighted by atomic mass is 10.1. The number of fused-ring (bicyclic) bond motifs is 1. The van der Waals surface area contributed by atoms with E-state index >= 15 is 0 Å². The third kappa shape index (κ3) is 1.29. The zero-order valence-corrected chi connectivity index (χ0v) is 8.83. The van der Waals surface area contributed by atoms with Crippen LogP contribution in [0.1, 0.15) is 11.6 Å². The van der Waals surface area contributed by atoms with Crippen molar-refractivity contribution >= 4 is 17.6 Å². The molecule has 3 rings (SSSR count). The lowest BCUT2D eigenvalue weighted by Crippen LogP contribution is -2.27. The minimum Gasteiger partial charge on any atom is -0.361 e. The molecule has 1 atom stereocenters. The molecule has 2 aromatic rings. The maximum atomic E-state index is 4.41.